The average Bonchev–Trinajstić information content (AvgIpc) is 2.55. The molecule has 0 aliphatic heterocycles. The standard InChI is InChI=1S/C20H18ClN/c1-14-8-9-17(15(2)12-14)18-10-11-22-19(13-21)20(18)16-6-4-3-5-7-16/h3-12H,13H2,1-2H3. The number of hydrogen-bond donors (Lipinski definition) is 0. The van der Waals surface area contributed by atoms with Gasteiger partial charge >= 0.3 is 0 Å². The fourth-order valence-corrected chi connectivity index (χ4v) is 3.08. The average molecular weight is 308 g/mol. The summed E-state index contributed by atoms with van der Waals surface area (Å²) in [6, 6.07) is 19.0. The lowest BCUT2D eigenvalue weighted by molar-refractivity contribution is 1.17. The second kappa shape index (κ2) is 6.33. The van der Waals surface area contributed by atoms with Gasteiger partial charge in [0.05, 0.1) is 11.6 Å². The van der Waals surface area contributed by atoms with Gasteiger partial charge in [-0.3, -0.25) is 4.98 Å². The highest BCUT2D eigenvalue weighted by Crippen LogP contribution is 2.36. The molecule has 0 saturated carbocycles. The zero-order valence-electron chi connectivity index (χ0n) is 12.8. The molecule has 3 aromatic rings. The van der Waals surface area contributed by atoms with Crippen LogP contribution in [0.2, 0.25) is 0 Å². The van der Waals surface area contributed by atoms with Gasteiger partial charge < -0.3 is 0 Å². The molecule has 0 bridgehead atoms. The SMILES string of the molecule is Cc1ccc(-c2ccnc(CCl)c2-c2ccccc2)c(C)c1. The summed E-state index contributed by atoms with van der Waals surface area (Å²) in [6.45, 7) is 4.27. The van der Waals surface area contributed by atoms with Gasteiger partial charge in [0.15, 0.2) is 0 Å². The lowest BCUT2D eigenvalue weighted by Crippen LogP contribution is -1.96. The molecular formula is C20H18ClN. The van der Waals surface area contributed by atoms with Crippen LogP contribution in [0.5, 0.6) is 0 Å². The van der Waals surface area contributed by atoms with E-state index in [1.165, 1.54) is 22.3 Å². The summed E-state index contributed by atoms with van der Waals surface area (Å²) in [4.78, 5) is 4.47. The molecule has 22 heavy (non-hydrogen) atoms. The summed E-state index contributed by atoms with van der Waals surface area (Å²) < 4.78 is 0. The maximum Gasteiger partial charge on any atom is 0.0653 e. The van der Waals surface area contributed by atoms with E-state index in [4.69, 9.17) is 11.6 Å². The predicted molar refractivity (Wildman–Crippen MR) is 94.1 cm³/mol. The number of nitrogens with zero attached hydrogens (tertiary/aromatic N) is 1. The Labute approximate surface area is 136 Å². The minimum Gasteiger partial charge on any atom is -0.259 e. The van der Waals surface area contributed by atoms with E-state index in [9.17, 15) is 0 Å². The molecule has 2 heteroatoms. The van der Waals surface area contributed by atoms with Crippen molar-refractivity contribution in [1.29, 1.82) is 0 Å². The van der Waals surface area contributed by atoms with E-state index in [1.807, 2.05) is 24.4 Å². The quantitative estimate of drug-likeness (QED) is 0.560. The predicted octanol–water partition coefficient (Wildman–Crippen LogP) is 5.77. The maximum atomic E-state index is 6.14. The molecule has 0 saturated heterocycles. The third-order valence-electron chi connectivity index (χ3n) is 3.89. The van der Waals surface area contributed by atoms with Crippen molar-refractivity contribution in [3.05, 3.63) is 77.6 Å². The van der Waals surface area contributed by atoms with Crippen LogP contribution < -0.4 is 0 Å². The van der Waals surface area contributed by atoms with Crippen molar-refractivity contribution in [3.63, 3.8) is 0 Å². The zero-order valence-corrected chi connectivity index (χ0v) is 13.6. The third kappa shape index (κ3) is 2.77. The molecule has 110 valence electrons. The molecule has 1 nitrogen and oxygen atoms in total. The summed E-state index contributed by atoms with van der Waals surface area (Å²) in [7, 11) is 0. The van der Waals surface area contributed by atoms with Gasteiger partial charge in [-0.2, -0.15) is 0 Å². The van der Waals surface area contributed by atoms with Crippen LogP contribution in [0.3, 0.4) is 0 Å². The van der Waals surface area contributed by atoms with Crippen molar-refractivity contribution in [2.45, 2.75) is 19.7 Å². The minimum atomic E-state index is 0.406. The maximum absolute atomic E-state index is 6.14. The Balaban J connectivity index is 2.28. The fraction of sp³-hybridized carbons (Fsp3) is 0.150. The lowest BCUT2D eigenvalue weighted by Gasteiger charge is -2.15. The highest BCUT2D eigenvalue weighted by atomic mass is 35.5. The molecule has 3 rings (SSSR count). The molecule has 0 spiro atoms. The van der Waals surface area contributed by atoms with Gasteiger partial charge in [0.2, 0.25) is 0 Å². The van der Waals surface area contributed by atoms with Gasteiger partial charge in [-0.25, -0.2) is 0 Å². The Hall–Kier alpha value is -2.12. The molecule has 0 amide bonds. The highest BCUT2D eigenvalue weighted by molar-refractivity contribution is 6.17. The van der Waals surface area contributed by atoms with Crippen molar-refractivity contribution >= 4 is 11.6 Å². The number of aryl methyl sites for hydroxylation is 2. The molecule has 0 aliphatic rings. The lowest BCUT2D eigenvalue weighted by atomic mass is 9.91. The molecule has 0 fully saturated rings. The smallest absolute Gasteiger partial charge is 0.0653 e. The molecule has 0 atom stereocenters. The highest BCUT2D eigenvalue weighted by Gasteiger charge is 2.14. The number of aromatic nitrogens is 1. The van der Waals surface area contributed by atoms with Gasteiger partial charge in [-0.1, -0.05) is 54.1 Å². The number of halogens is 1. The van der Waals surface area contributed by atoms with Gasteiger partial charge in [-0.15, -0.1) is 11.6 Å². The zero-order chi connectivity index (χ0) is 15.5. The number of hydrogen-bond acceptors (Lipinski definition) is 1. The van der Waals surface area contributed by atoms with Crippen molar-refractivity contribution in [1.82, 2.24) is 4.98 Å². The molecule has 0 aliphatic carbocycles. The second-order valence-corrected chi connectivity index (χ2v) is 5.77. The summed E-state index contributed by atoms with van der Waals surface area (Å²) in [5.74, 6) is 0.406. The van der Waals surface area contributed by atoms with Crippen molar-refractivity contribution in [2.75, 3.05) is 0 Å². The van der Waals surface area contributed by atoms with Crippen LogP contribution in [0.25, 0.3) is 22.3 Å². The normalized spacial score (nSPS) is 10.7. The molecule has 0 unspecified atom stereocenters. The summed E-state index contributed by atoms with van der Waals surface area (Å²) >= 11 is 6.14. The fourth-order valence-electron chi connectivity index (χ4n) is 2.87. The van der Waals surface area contributed by atoms with E-state index < -0.39 is 0 Å². The van der Waals surface area contributed by atoms with Gasteiger partial charge in [0.25, 0.3) is 0 Å². The number of rotatable bonds is 3. The van der Waals surface area contributed by atoms with Crippen LogP contribution in [0.4, 0.5) is 0 Å². The number of alkyl halides is 1. The first-order chi connectivity index (χ1) is 10.7. The molecule has 0 radical (unpaired) electrons. The Morgan fingerprint density at radius 1 is 0.909 bits per heavy atom. The number of pyridine rings is 1. The molecule has 0 N–H and O–H groups in total. The summed E-state index contributed by atoms with van der Waals surface area (Å²) in [5, 5.41) is 0. The Kier molecular flexibility index (Phi) is 4.26. The van der Waals surface area contributed by atoms with Crippen LogP contribution in [-0.2, 0) is 5.88 Å². The van der Waals surface area contributed by atoms with Crippen LogP contribution in [0.1, 0.15) is 16.8 Å². The van der Waals surface area contributed by atoms with E-state index in [-0.39, 0.29) is 0 Å². The summed E-state index contributed by atoms with van der Waals surface area (Å²) in [6.07, 6.45) is 1.85. The topological polar surface area (TPSA) is 12.9 Å². The van der Waals surface area contributed by atoms with Crippen LogP contribution in [-0.4, -0.2) is 4.98 Å². The minimum absolute atomic E-state index is 0.406. The third-order valence-corrected chi connectivity index (χ3v) is 4.14. The molecule has 2 aromatic carbocycles. The second-order valence-electron chi connectivity index (χ2n) is 5.50. The monoisotopic (exact) mass is 307 g/mol. The number of benzene rings is 2. The first-order valence-corrected chi connectivity index (χ1v) is 7.91. The largest absolute Gasteiger partial charge is 0.259 e. The molecular weight excluding hydrogens is 290 g/mol. The Morgan fingerprint density at radius 3 is 2.36 bits per heavy atom. The van der Waals surface area contributed by atoms with E-state index >= 15 is 0 Å². The van der Waals surface area contributed by atoms with Crippen LogP contribution in [0, 0.1) is 13.8 Å². The van der Waals surface area contributed by atoms with E-state index in [0.717, 1.165) is 16.8 Å². The Bertz CT molecular complexity index is 794. The van der Waals surface area contributed by atoms with Gasteiger partial charge in [0.1, 0.15) is 0 Å². The Morgan fingerprint density at radius 2 is 1.68 bits per heavy atom. The molecule has 1 aromatic heterocycles. The van der Waals surface area contributed by atoms with Crippen molar-refractivity contribution < 1.29 is 0 Å². The van der Waals surface area contributed by atoms with E-state index in [1.54, 1.807) is 0 Å². The van der Waals surface area contributed by atoms with Crippen molar-refractivity contribution in [3.8, 4) is 22.3 Å². The van der Waals surface area contributed by atoms with Gasteiger partial charge in [-0.05, 0) is 42.2 Å². The molecule has 1 heterocycles. The van der Waals surface area contributed by atoms with E-state index in [2.05, 4.69) is 55.2 Å². The summed E-state index contributed by atoms with van der Waals surface area (Å²) in [5.41, 5.74) is 8.17. The van der Waals surface area contributed by atoms with Crippen LogP contribution >= 0.6 is 11.6 Å². The van der Waals surface area contributed by atoms with Gasteiger partial charge in [0, 0.05) is 11.8 Å². The first-order valence-electron chi connectivity index (χ1n) is 7.37. The first kappa shape index (κ1) is 14.8. The van der Waals surface area contributed by atoms with Crippen molar-refractivity contribution in [2.24, 2.45) is 0 Å². The van der Waals surface area contributed by atoms with E-state index in [0.29, 0.717) is 5.88 Å². The van der Waals surface area contributed by atoms with Crippen LogP contribution in [0.15, 0.2) is 60.8 Å².